The maximum Gasteiger partial charge on any atom is 0.457 e. The minimum Gasteiger partial charge on any atom is -0.403 e. The Kier molecular flexibility index (Phi) is 4.88. The molecule has 0 bridgehead atoms. The van der Waals surface area contributed by atoms with Crippen LogP contribution in [0.1, 0.15) is 58.9 Å². The zero-order valence-electron chi connectivity index (χ0n) is 14.7. The van der Waals surface area contributed by atoms with Gasteiger partial charge < -0.3 is 13.9 Å². The molecule has 1 fully saturated rings. The lowest BCUT2D eigenvalue weighted by Gasteiger charge is -2.32. The van der Waals surface area contributed by atoms with Crippen molar-refractivity contribution in [1.29, 1.82) is 0 Å². The molecule has 0 amide bonds. The molecule has 1 aromatic heterocycles. The Hall–Kier alpha value is -1.07. The van der Waals surface area contributed by atoms with Crippen molar-refractivity contribution in [3.8, 4) is 0 Å². The van der Waals surface area contributed by atoms with E-state index in [-0.39, 0.29) is 23.9 Å². The molecule has 22 heavy (non-hydrogen) atoms. The van der Waals surface area contributed by atoms with Gasteiger partial charge in [0.25, 0.3) is 0 Å². The van der Waals surface area contributed by atoms with Gasteiger partial charge in [-0.25, -0.2) is 0 Å². The smallest absolute Gasteiger partial charge is 0.403 e. The zero-order valence-corrected chi connectivity index (χ0v) is 14.7. The highest BCUT2D eigenvalue weighted by atomic mass is 16.7. The fourth-order valence-corrected chi connectivity index (χ4v) is 2.75. The highest BCUT2D eigenvalue weighted by Gasteiger charge is 2.50. The van der Waals surface area contributed by atoms with E-state index in [2.05, 4.69) is 34.6 Å². The van der Waals surface area contributed by atoms with Crippen LogP contribution in [-0.4, -0.2) is 22.9 Å². The highest BCUT2D eigenvalue weighted by Crippen LogP contribution is 2.38. The van der Waals surface area contributed by atoms with Crippen molar-refractivity contribution in [2.24, 2.45) is 7.05 Å². The summed E-state index contributed by atoms with van der Waals surface area (Å²) in [6, 6.07) is 3.57. The average molecular weight is 305 g/mol. The second kappa shape index (κ2) is 6.21. The van der Waals surface area contributed by atoms with Gasteiger partial charge in [-0.15, -0.1) is 0 Å². The van der Waals surface area contributed by atoms with Crippen LogP contribution in [0.2, 0.25) is 6.32 Å². The number of aryl methyl sites for hydroxylation is 1. The number of hydrogen-bond acceptors (Lipinski definition) is 3. The van der Waals surface area contributed by atoms with Crippen LogP contribution in [0, 0.1) is 0 Å². The van der Waals surface area contributed by atoms with Crippen molar-refractivity contribution in [3.05, 3.63) is 34.2 Å². The quantitative estimate of drug-likeness (QED) is 0.783. The van der Waals surface area contributed by atoms with Gasteiger partial charge in [-0.1, -0.05) is 19.4 Å². The zero-order chi connectivity index (χ0) is 16.5. The van der Waals surface area contributed by atoms with Crippen molar-refractivity contribution < 1.29 is 9.31 Å². The topological polar surface area (TPSA) is 40.5 Å². The maximum atomic E-state index is 11.4. The molecule has 0 aromatic carbocycles. The number of aromatic nitrogens is 1. The molecule has 0 N–H and O–H groups in total. The molecule has 1 atom stereocenters. The maximum absolute atomic E-state index is 11.4. The first-order valence-electron chi connectivity index (χ1n) is 8.14. The third-order valence-corrected chi connectivity index (χ3v) is 5.06. The minimum atomic E-state index is -0.249. The molecule has 4 nitrogen and oxygen atoms in total. The molecule has 1 aliphatic rings. The van der Waals surface area contributed by atoms with E-state index in [0.717, 1.165) is 19.2 Å². The predicted molar refractivity (Wildman–Crippen MR) is 90.2 cm³/mol. The van der Waals surface area contributed by atoms with Crippen LogP contribution in [0.3, 0.4) is 0 Å². The van der Waals surface area contributed by atoms with Gasteiger partial charge in [0.2, 0.25) is 5.56 Å². The third-order valence-electron chi connectivity index (χ3n) is 5.06. The van der Waals surface area contributed by atoms with Crippen LogP contribution in [0.15, 0.2) is 23.1 Å². The van der Waals surface area contributed by atoms with E-state index in [0.29, 0.717) is 5.92 Å². The lowest BCUT2D eigenvalue weighted by atomic mass is 9.80. The molecule has 1 aromatic rings. The van der Waals surface area contributed by atoms with Gasteiger partial charge in [0.1, 0.15) is 0 Å². The van der Waals surface area contributed by atoms with Gasteiger partial charge in [0.15, 0.2) is 0 Å². The van der Waals surface area contributed by atoms with E-state index in [1.54, 1.807) is 17.7 Å². The molecule has 1 unspecified atom stereocenters. The fraction of sp³-hybridized carbons (Fsp3) is 0.706. The van der Waals surface area contributed by atoms with Gasteiger partial charge in [-0.2, -0.15) is 0 Å². The third kappa shape index (κ3) is 3.63. The minimum absolute atomic E-state index is 0.0353. The normalized spacial score (nSPS) is 21.1. The molecule has 0 saturated carbocycles. The lowest BCUT2D eigenvalue weighted by Crippen LogP contribution is -2.41. The summed E-state index contributed by atoms with van der Waals surface area (Å²) in [5.41, 5.74) is 0.742. The van der Waals surface area contributed by atoms with Gasteiger partial charge in [0, 0.05) is 19.3 Å². The molecule has 1 aliphatic heterocycles. The number of rotatable bonds is 5. The first-order valence-corrected chi connectivity index (χ1v) is 8.14. The van der Waals surface area contributed by atoms with E-state index in [9.17, 15) is 4.79 Å². The van der Waals surface area contributed by atoms with Gasteiger partial charge in [0.05, 0.1) is 11.2 Å². The summed E-state index contributed by atoms with van der Waals surface area (Å²) >= 11 is 0. The van der Waals surface area contributed by atoms with E-state index in [4.69, 9.17) is 9.31 Å². The molecular formula is C17H28BNO3. The number of nitrogens with zero attached hydrogens (tertiary/aromatic N) is 1. The Morgan fingerprint density at radius 1 is 1.18 bits per heavy atom. The van der Waals surface area contributed by atoms with Crippen molar-refractivity contribution in [2.45, 2.75) is 70.9 Å². The lowest BCUT2D eigenvalue weighted by molar-refractivity contribution is 0.00578. The molecule has 1 saturated heterocycles. The van der Waals surface area contributed by atoms with Crippen LogP contribution < -0.4 is 5.56 Å². The number of pyridine rings is 1. The molecule has 2 rings (SSSR count). The Bertz CT molecular complexity index is 564. The number of hydrogen-bond donors (Lipinski definition) is 0. The largest absolute Gasteiger partial charge is 0.457 e. The molecule has 0 aliphatic carbocycles. The standard InChI is InChI=1S/C17H28BNO3/c1-13(14-9-10-15(20)19(6)12-14)8-7-11-18-21-16(2,3)17(4,5)22-18/h9-10,12-13H,7-8,11H2,1-6H3. The van der Waals surface area contributed by atoms with Crippen LogP contribution in [-0.2, 0) is 16.4 Å². The second-order valence-electron chi connectivity index (χ2n) is 7.43. The molecular weight excluding hydrogens is 277 g/mol. The van der Waals surface area contributed by atoms with E-state index in [1.807, 2.05) is 12.3 Å². The Labute approximate surface area is 134 Å². The summed E-state index contributed by atoms with van der Waals surface area (Å²) < 4.78 is 13.7. The van der Waals surface area contributed by atoms with Gasteiger partial charge in [-0.05, 0) is 51.9 Å². The highest BCUT2D eigenvalue weighted by molar-refractivity contribution is 6.45. The van der Waals surface area contributed by atoms with Crippen LogP contribution >= 0.6 is 0 Å². The summed E-state index contributed by atoms with van der Waals surface area (Å²) in [7, 11) is 1.68. The van der Waals surface area contributed by atoms with Crippen LogP contribution in [0.25, 0.3) is 0 Å². The Morgan fingerprint density at radius 3 is 2.32 bits per heavy atom. The predicted octanol–water partition coefficient (Wildman–Crippen LogP) is 3.36. The summed E-state index contributed by atoms with van der Waals surface area (Å²) in [6.45, 7) is 10.5. The Morgan fingerprint density at radius 2 is 1.77 bits per heavy atom. The average Bonchev–Trinajstić information content (AvgIpc) is 2.60. The monoisotopic (exact) mass is 305 g/mol. The molecule has 0 radical (unpaired) electrons. The molecule has 5 heteroatoms. The first kappa shape index (κ1) is 17.3. The molecule has 0 spiro atoms. The molecule has 2 heterocycles. The summed E-state index contributed by atoms with van der Waals surface area (Å²) in [4.78, 5) is 11.4. The summed E-state index contributed by atoms with van der Waals surface area (Å²) in [6.07, 6.45) is 4.94. The second-order valence-corrected chi connectivity index (χ2v) is 7.43. The fourth-order valence-electron chi connectivity index (χ4n) is 2.75. The molecule has 122 valence electrons. The van der Waals surface area contributed by atoms with Gasteiger partial charge >= 0.3 is 7.12 Å². The van der Waals surface area contributed by atoms with E-state index >= 15 is 0 Å². The summed E-state index contributed by atoms with van der Waals surface area (Å²) in [5.74, 6) is 0.425. The summed E-state index contributed by atoms with van der Waals surface area (Å²) in [5, 5.41) is 0. The van der Waals surface area contributed by atoms with Crippen molar-refractivity contribution in [1.82, 2.24) is 4.57 Å². The first-order chi connectivity index (χ1) is 10.1. The van der Waals surface area contributed by atoms with Gasteiger partial charge in [-0.3, -0.25) is 4.79 Å². The van der Waals surface area contributed by atoms with Crippen LogP contribution in [0.4, 0.5) is 0 Å². The SMILES string of the molecule is CC(CCCB1OC(C)(C)C(C)(C)O1)c1ccc(=O)n(C)c1. The van der Waals surface area contributed by atoms with Crippen molar-refractivity contribution >= 4 is 7.12 Å². The van der Waals surface area contributed by atoms with Crippen molar-refractivity contribution in [2.75, 3.05) is 0 Å². The van der Waals surface area contributed by atoms with E-state index < -0.39 is 0 Å². The Balaban J connectivity index is 1.84. The van der Waals surface area contributed by atoms with Crippen LogP contribution in [0.5, 0.6) is 0 Å². The van der Waals surface area contributed by atoms with Crippen molar-refractivity contribution in [3.63, 3.8) is 0 Å². The van der Waals surface area contributed by atoms with E-state index in [1.165, 1.54) is 5.56 Å².